The van der Waals surface area contributed by atoms with E-state index in [0.717, 1.165) is 0 Å². The Bertz CT molecular complexity index is 514. The lowest BCUT2D eigenvalue weighted by Crippen LogP contribution is -2.33. The van der Waals surface area contributed by atoms with Gasteiger partial charge in [0.05, 0.1) is 13.7 Å². The molecule has 0 aliphatic rings. The number of methoxy groups -OCH3 is 1. The molecule has 1 amide bonds. The lowest BCUT2D eigenvalue weighted by molar-refractivity contribution is -0.141. The van der Waals surface area contributed by atoms with E-state index in [1.165, 1.54) is 25.3 Å². The van der Waals surface area contributed by atoms with Gasteiger partial charge in [-0.05, 0) is 12.1 Å². The SMILES string of the molecule is COC(=O)CN(C)C(=O)c1ccc(C#CCN)cn1. The van der Waals surface area contributed by atoms with E-state index in [1.807, 2.05) is 0 Å². The smallest absolute Gasteiger partial charge is 0.325 e. The molecule has 0 radical (unpaired) electrons. The van der Waals surface area contributed by atoms with E-state index in [-0.39, 0.29) is 24.7 Å². The number of pyridine rings is 1. The van der Waals surface area contributed by atoms with E-state index in [4.69, 9.17) is 5.73 Å². The minimum Gasteiger partial charge on any atom is -0.468 e. The van der Waals surface area contributed by atoms with Crippen LogP contribution < -0.4 is 5.73 Å². The third-order valence-electron chi connectivity index (χ3n) is 2.26. The zero-order valence-electron chi connectivity index (χ0n) is 10.8. The van der Waals surface area contributed by atoms with Crippen LogP contribution in [0.15, 0.2) is 18.3 Å². The Balaban J connectivity index is 2.75. The fourth-order valence-electron chi connectivity index (χ4n) is 1.27. The van der Waals surface area contributed by atoms with Gasteiger partial charge in [0.2, 0.25) is 0 Å². The Labute approximate surface area is 111 Å². The van der Waals surface area contributed by atoms with Crippen LogP contribution in [0.25, 0.3) is 0 Å². The van der Waals surface area contributed by atoms with Gasteiger partial charge in [-0.1, -0.05) is 11.8 Å². The maximum atomic E-state index is 11.9. The Kier molecular flexibility index (Phi) is 5.51. The molecule has 0 bridgehead atoms. The lowest BCUT2D eigenvalue weighted by Gasteiger charge is -2.14. The van der Waals surface area contributed by atoms with Crippen LogP contribution in [-0.4, -0.2) is 49.0 Å². The molecule has 100 valence electrons. The number of carbonyl (C=O) groups is 2. The van der Waals surface area contributed by atoms with Gasteiger partial charge in [0.15, 0.2) is 0 Å². The second kappa shape index (κ2) is 7.13. The molecular formula is C13H15N3O3. The number of nitrogens with zero attached hydrogens (tertiary/aromatic N) is 2. The molecule has 0 aliphatic heterocycles. The Morgan fingerprint density at radius 1 is 1.47 bits per heavy atom. The lowest BCUT2D eigenvalue weighted by atomic mass is 10.2. The first kappa shape index (κ1) is 14.7. The molecular weight excluding hydrogens is 246 g/mol. The summed E-state index contributed by atoms with van der Waals surface area (Å²) < 4.78 is 4.49. The maximum absolute atomic E-state index is 11.9. The van der Waals surface area contributed by atoms with Crippen molar-refractivity contribution in [1.29, 1.82) is 0 Å². The number of rotatable bonds is 3. The molecule has 6 heteroatoms. The molecule has 19 heavy (non-hydrogen) atoms. The normalized spacial score (nSPS) is 9.21. The van der Waals surface area contributed by atoms with Gasteiger partial charge in [0, 0.05) is 18.8 Å². The van der Waals surface area contributed by atoms with Crippen LogP contribution >= 0.6 is 0 Å². The van der Waals surface area contributed by atoms with Crippen LogP contribution in [-0.2, 0) is 9.53 Å². The van der Waals surface area contributed by atoms with Gasteiger partial charge in [0.1, 0.15) is 12.2 Å². The molecule has 1 aromatic rings. The number of nitrogens with two attached hydrogens (primary N) is 1. The first-order chi connectivity index (χ1) is 9.08. The largest absolute Gasteiger partial charge is 0.468 e. The minimum atomic E-state index is -0.485. The van der Waals surface area contributed by atoms with Crippen molar-refractivity contribution >= 4 is 11.9 Å². The number of ether oxygens (including phenoxy) is 1. The molecule has 0 atom stereocenters. The van der Waals surface area contributed by atoms with Crippen molar-refractivity contribution in [1.82, 2.24) is 9.88 Å². The standard InChI is InChI=1S/C13H15N3O3/c1-16(9-12(17)19-2)13(18)11-6-5-10(8-15-11)4-3-7-14/h5-6,8H,7,9,14H2,1-2H3. The van der Waals surface area contributed by atoms with Crippen LogP contribution in [0.3, 0.4) is 0 Å². The number of hydrogen-bond donors (Lipinski definition) is 1. The van der Waals surface area contributed by atoms with Crippen molar-refractivity contribution in [3.8, 4) is 11.8 Å². The summed E-state index contributed by atoms with van der Waals surface area (Å²) >= 11 is 0. The molecule has 0 aliphatic carbocycles. The molecule has 0 saturated carbocycles. The zero-order chi connectivity index (χ0) is 14.3. The van der Waals surface area contributed by atoms with Gasteiger partial charge < -0.3 is 15.4 Å². The molecule has 0 aromatic carbocycles. The van der Waals surface area contributed by atoms with Crippen molar-refractivity contribution in [3.63, 3.8) is 0 Å². The zero-order valence-corrected chi connectivity index (χ0v) is 10.8. The minimum absolute atomic E-state index is 0.119. The fraction of sp³-hybridized carbons (Fsp3) is 0.308. The highest BCUT2D eigenvalue weighted by molar-refractivity contribution is 5.94. The van der Waals surface area contributed by atoms with Gasteiger partial charge in [-0.25, -0.2) is 4.98 Å². The molecule has 0 saturated heterocycles. The average Bonchev–Trinajstić information content (AvgIpc) is 2.44. The van der Waals surface area contributed by atoms with Gasteiger partial charge >= 0.3 is 5.97 Å². The molecule has 2 N–H and O–H groups in total. The predicted octanol–water partition coefficient (Wildman–Crippen LogP) is -0.363. The molecule has 0 fully saturated rings. The summed E-state index contributed by atoms with van der Waals surface area (Å²) in [5.41, 5.74) is 6.17. The summed E-state index contributed by atoms with van der Waals surface area (Å²) in [7, 11) is 2.77. The predicted molar refractivity (Wildman–Crippen MR) is 69.1 cm³/mol. The van der Waals surface area contributed by atoms with Gasteiger partial charge in [0.25, 0.3) is 5.91 Å². The summed E-state index contributed by atoms with van der Waals surface area (Å²) in [4.78, 5) is 28.2. The molecule has 1 heterocycles. The van der Waals surface area contributed by atoms with Crippen LogP contribution in [0, 0.1) is 11.8 Å². The van der Waals surface area contributed by atoms with Crippen molar-refractivity contribution in [2.75, 3.05) is 27.2 Å². The first-order valence-electron chi connectivity index (χ1n) is 5.55. The fourth-order valence-corrected chi connectivity index (χ4v) is 1.27. The average molecular weight is 261 g/mol. The number of aromatic nitrogens is 1. The molecule has 6 nitrogen and oxygen atoms in total. The maximum Gasteiger partial charge on any atom is 0.325 e. The topological polar surface area (TPSA) is 85.5 Å². The summed E-state index contributed by atoms with van der Waals surface area (Å²) in [6.45, 7) is 0.147. The summed E-state index contributed by atoms with van der Waals surface area (Å²) in [5.74, 6) is 4.65. The van der Waals surface area contributed by atoms with Crippen LogP contribution in [0.1, 0.15) is 16.1 Å². The number of carbonyl (C=O) groups excluding carboxylic acids is 2. The van der Waals surface area contributed by atoms with Crippen molar-refractivity contribution < 1.29 is 14.3 Å². The monoisotopic (exact) mass is 261 g/mol. The van der Waals surface area contributed by atoms with E-state index in [0.29, 0.717) is 5.56 Å². The van der Waals surface area contributed by atoms with E-state index < -0.39 is 5.97 Å². The Morgan fingerprint density at radius 3 is 2.74 bits per heavy atom. The number of likely N-dealkylation sites (N-methyl/N-ethyl adjacent to an activating group) is 1. The summed E-state index contributed by atoms with van der Waals surface area (Å²) in [6, 6.07) is 3.23. The third-order valence-corrected chi connectivity index (χ3v) is 2.26. The van der Waals surface area contributed by atoms with Crippen LogP contribution in [0.2, 0.25) is 0 Å². The molecule has 1 rings (SSSR count). The summed E-state index contributed by atoms with van der Waals surface area (Å²) in [5, 5.41) is 0. The second-order valence-electron chi connectivity index (χ2n) is 3.68. The van der Waals surface area contributed by atoms with E-state index >= 15 is 0 Å². The van der Waals surface area contributed by atoms with E-state index in [2.05, 4.69) is 21.6 Å². The van der Waals surface area contributed by atoms with E-state index in [1.54, 1.807) is 12.1 Å². The highest BCUT2D eigenvalue weighted by Crippen LogP contribution is 2.02. The molecule has 1 aromatic heterocycles. The quantitative estimate of drug-likeness (QED) is 0.593. The van der Waals surface area contributed by atoms with Gasteiger partial charge in [-0.2, -0.15) is 0 Å². The highest BCUT2D eigenvalue weighted by Gasteiger charge is 2.15. The van der Waals surface area contributed by atoms with Crippen LogP contribution in [0.4, 0.5) is 0 Å². The Hall–Kier alpha value is -2.39. The number of amides is 1. The molecule has 0 spiro atoms. The highest BCUT2D eigenvalue weighted by atomic mass is 16.5. The van der Waals surface area contributed by atoms with E-state index in [9.17, 15) is 9.59 Å². The third kappa shape index (κ3) is 4.41. The van der Waals surface area contributed by atoms with Crippen molar-refractivity contribution in [2.24, 2.45) is 5.73 Å². The van der Waals surface area contributed by atoms with Crippen LogP contribution in [0.5, 0.6) is 0 Å². The van der Waals surface area contributed by atoms with Crippen molar-refractivity contribution in [2.45, 2.75) is 0 Å². The molecule has 0 unspecified atom stereocenters. The Morgan fingerprint density at radius 2 is 2.21 bits per heavy atom. The summed E-state index contributed by atoms with van der Waals surface area (Å²) in [6.07, 6.45) is 1.49. The van der Waals surface area contributed by atoms with Gasteiger partial charge in [-0.15, -0.1) is 0 Å². The first-order valence-corrected chi connectivity index (χ1v) is 5.55. The second-order valence-corrected chi connectivity index (χ2v) is 3.68. The number of esters is 1. The van der Waals surface area contributed by atoms with Crippen molar-refractivity contribution in [3.05, 3.63) is 29.6 Å². The number of hydrogen-bond acceptors (Lipinski definition) is 5. The van der Waals surface area contributed by atoms with Gasteiger partial charge in [-0.3, -0.25) is 9.59 Å².